The summed E-state index contributed by atoms with van der Waals surface area (Å²) < 4.78 is 0. The van der Waals surface area contributed by atoms with Gasteiger partial charge in [0.25, 0.3) is 0 Å². The molecule has 0 N–H and O–H groups in total. The lowest BCUT2D eigenvalue weighted by Crippen LogP contribution is -1.66. The van der Waals surface area contributed by atoms with E-state index in [1.54, 1.807) is 24.3 Å². The minimum absolute atomic E-state index is 0. The number of hydrogen-bond acceptors (Lipinski definition) is 1. The topological polar surface area (TPSA) is 23.8 Å². The summed E-state index contributed by atoms with van der Waals surface area (Å²) in [6, 6.07) is 11.7. The Hall–Kier alpha value is -1.00. The summed E-state index contributed by atoms with van der Waals surface area (Å²) in [7, 11) is 0. The summed E-state index contributed by atoms with van der Waals surface area (Å²) in [4.78, 5) is 0. The minimum Gasteiger partial charge on any atom is -0.192 e. The molecule has 0 saturated heterocycles. The van der Waals surface area contributed by atoms with E-state index < -0.39 is 0 Å². The van der Waals surface area contributed by atoms with Crippen molar-refractivity contribution in [2.45, 2.75) is 0 Å². The molecule has 0 unspecified atom stereocenters. The van der Waals surface area contributed by atoms with Crippen LogP contribution >= 0.6 is 12.4 Å². The van der Waals surface area contributed by atoms with Crippen LogP contribution in [0.5, 0.6) is 0 Å². The molecule has 0 heterocycles. The lowest BCUT2D eigenvalue weighted by Gasteiger charge is -1.79. The van der Waals surface area contributed by atoms with Gasteiger partial charge in [-0.15, -0.1) is 12.4 Å². The fourth-order valence-corrected chi connectivity index (χ4v) is 0.461. The molecule has 1 rings (SSSR count). The summed E-state index contributed by atoms with van der Waals surface area (Å²) >= 11 is 0. The molecule has 0 atom stereocenters. The second-order valence-corrected chi connectivity index (χ2v) is 1.40. The number of halogens is 1. The molecule has 45 valence electrons. The Morgan fingerprint density at radius 2 is 1.89 bits per heavy atom. The highest BCUT2D eigenvalue weighted by Crippen LogP contribution is 1.92. The van der Waals surface area contributed by atoms with E-state index in [0.29, 0.717) is 5.56 Å². The van der Waals surface area contributed by atoms with E-state index in [1.807, 2.05) is 6.07 Å². The van der Waals surface area contributed by atoms with E-state index in [1.165, 1.54) is 0 Å². The van der Waals surface area contributed by atoms with Crippen molar-refractivity contribution in [1.82, 2.24) is 0 Å². The molecule has 9 heavy (non-hydrogen) atoms. The van der Waals surface area contributed by atoms with Crippen molar-refractivity contribution >= 4 is 12.4 Å². The second-order valence-electron chi connectivity index (χ2n) is 1.40. The van der Waals surface area contributed by atoms with Gasteiger partial charge >= 0.3 is 0 Å². The van der Waals surface area contributed by atoms with Crippen LogP contribution in [0, 0.1) is 17.4 Å². The van der Waals surface area contributed by atoms with Gasteiger partial charge in [0.05, 0.1) is 11.6 Å². The summed E-state index contributed by atoms with van der Waals surface area (Å²) in [6.07, 6.45) is 0. The Bertz CT molecular complexity index is 200. The van der Waals surface area contributed by atoms with Crippen LogP contribution in [0.15, 0.2) is 24.3 Å². The Morgan fingerprint density at radius 3 is 2.22 bits per heavy atom. The molecule has 1 aromatic rings. The average Bonchev–Trinajstić information content (AvgIpc) is 1.90. The highest BCUT2D eigenvalue weighted by Gasteiger charge is 1.79. The van der Waals surface area contributed by atoms with Gasteiger partial charge in [0.1, 0.15) is 0 Å². The van der Waals surface area contributed by atoms with E-state index in [-0.39, 0.29) is 12.4 Å². The predicted molar refractivity (Wildman–Crippen MR) is 37.2 cm³/mol. The number of rotatable bonds is 0. The van der Waals surface area contributed by atoms with Gasteiger partial charge in [-0.05, 0) is 18.2 Å². The molecule has 0 bridgehead atoms. The van der Waals surface area contributed by atoms with Gasteiger partial charge in [-0.25, -0.2) is 0 Å². The zero-order valence-corrected chi connectivity index (χ0v) is 5.48. The Balaban J connectivity index is 0.000000640. The van der Waals surface area contributed by atoms with Gasteiger partial charge in [-0.2, -0.15) is 5.26 Å². The summed E-state index contributed by atoms with van der Waals surface area (Å²) in [5, 5.41) is 8.27. The van der Waals surface area contributed by atoms with Gasteiger partial charge in [0, 0.05) is 0 Å². The largest absolute Gasteiger partial charge is 0.192 e. The van der Waals surface area contributed by atoms with Crippen molar-refractivity contribution in [2.24, 2.45) is 0 Å². The summed E-state index contributed by atoms with van der Waals surface area (Å²) in [6.45, 7) is 0. The van der Waals surface area contributed by atoms with E-state index in [2.05, 4.69) is 6.07 Å². The first-order valence-electron chi connectivity index (χ1n) is 2.29. The van der Waals surface area contributed by atoms with Crippen LogP contribution in [0.4, 0.5) is 0 Å². The molecule has 0 aromatic heterocycles. The first-order chi connectivity index (χ1) is 3.93. The third-order valence-corrected chi connectivity index (χ3v) is 0.847. The maximum absolute atomic E-state index is 8.27. The van der Waals surface area contributed by atoms with E-state index >= 15 is 0 Å². The van der Waals surface area contributed by atoms with Crippen molar-refractivity contribution in [3.05, 3.63) is 35.9 Å². The molecule has 0 spiro atoms. The zero-order chi connectivity index (χ0) is 5.82. The number of benzene rings is 1. The Kier molecular flexibility index (Phi) is 3.50. The van der Waals surface area contributed by atoms with Crippen LogP contribution in [-0.2, 0) is 0 Å². The lowest BCUT2D eigenvalue weighted by molar-refractivity contribution is 1.48. The van der Waals surface area contributed by atoms with Crippen molar-refractivity contribution < 1.29 is 0 Å². The standard InChI is InChI=1S/C7H4N.ClH/c8-6-7-4-2-1-3-5-7;/h2-5H;1H. The van der Waals surface area contributed by atoms with Crippen LogP contribution < -0.4 is 0 Å². The molecule has 0 amide bonds. The lowest BCUT2D eigenvalue weighted by atomic mass is 10.2. The average molecular weight is 139 g/mol. The highest BCUT2D eigenvalue weighted by molar-refractivity contribution is 5.85. The number of hydrogen-bond donors (Lipinski definition) is 0. The quantitative estimate of drug-likeness (QED) is 0.536. The van der Waals surface area contributed by atoms with Crippen LogP contribution in [0.2, 0.25) is 0 Å². The molecule has 0 saturated carbocycles. The van der Waals surface area contributed by atoms with Crippen molar-refractivity contribution in [3.8, 4) is 6.07 Å². The highest BCUT2D eigenvalue weighted by atomic mass is 35.5. The summed E-state index contributed by atoms with van der Waals surface area (Å²) in [5.41, 5.74) is 0.684. The van der Waals surface area contributed by atoms with Crippen LogP contribution in [0.1, 0.15) is 5.56 Å². The van der Waals surface area contributed by atoms with Gasteiger partial charge in [-0.1, -0.05) is 12.1 Å². The summed E-state index contributed by atoms with van der Waals surface area (Å²) in [5.74, 6) is 0. The molecular formula is C7H5ClN. The monoisotopic (exact) mass is 138 g/mol. The SMILES string of the molecule is Cl.N#Cc1cc[c]cc1. The van der Waals surface area contributed by atoms with E-state index in [9.17, 15) is 0 Å². The van der Waals surface area contributed by atoms with E-state index in [0.717, 1.165) is 0 Å². The second kappa shape index (κ2) is 3.94. The minimum atomic E-state index is 0. The molecule has 0 fully saturated rings. The van der Waals surface area contributed by atoms with Crippen LogP contribution in [0.3, 0.4) is 0 Å². The number of nitrogens with zero attached hydrogens (tertiary/aromatic N) is 1. The predicted octanol–water partition coefficient (Wildman–Crippen LogP) is 1.78. The van der Waals surface area contributed by atoms with Gasteiger partial charge in [0.2, 0.25) is 0 Å². The Labute approximate surface area is 60.3 Å². The third kappa shape index (κ3) is 2.16. The van der Waals surface area contributed by atoms with Crippen molar-refractivity contribution in [2.75, 3.05) is 0 Å². The first kappa shape index (κ1) is 8.00. The van der Waals surface area contributed by atoms with Gasteiger partial charge in [0.15, 0.2) is 0 Å². The Morgan fingerprint density at radius 1 is 1.33 bits per heavy atom. The smallest absolute Gasteiger partial charge is 0.0991 e. The van der Waals surface area contributed by atoms with Crippen LogP contribution in [0.25, 0.3) is 0 Å². The van der Waals surface area contributed by atoms with Crippen molar-refractivity contribution in [3.63, 3.8) is 0 Å². The third-order valence-electron chi connectivity index (χ3n) is 0.847. The molecule has 0 aliphatic carbocycles. The zero-order valence-electron chi connectivity index (χ0n) is 4.66. The van der Waals surface area contributed by atoms with E-state index in [4.69, 9.17) is 5.26 Å². The molecular weight excluding hydrogens is 134 g/mol. The fraction of sp³-hybridized carbons (Fsp3) is 0. The van der Waals surface area contributed by atoms with Crippen molar-refractivity contribution in [1.29, 1.82) is 5.26 Å². The van der Waals surface area contributed by atoms with Crippen LogP contribution in [-0.4, -0.2) is 0 Å². The maximum Gasteiger partial charge on any atom is 0.0991 e. The normalized spacial score (nSPS) is 7.00. The molecule has 0 aliphatic heterocycles. The van der Waals surface area contributed by atoms with Gasteiger partial charge in [-0.3, -0.25) is 0 Å². The molecule has 1 radical (unpaired) electrons. The first-order valence-corrected chi connectivity index (χ1v) is 2.29. The fourth-order valence-electron chi connectivity index (χ4n) is 0.461. The molecule has 0 aliphatic rings. The number of nitriles is 1. The van der Waals surface area contributed by atoms with Gasteiger partial charge < -0.3 is 0 Å². The molecule has 1 aromatic carbocycles. The molecule has 2 heteroatoms. The molecule has 1 nitrogen and oxygen atoms in total. The maximum atomic E-state index is 8.27.